The van der Waals surface area contributed by atoms with E-state index >= 15 is 0 Å². The number of likely N-dealkylation sites (tertiary alicyclic amines) is 2. The summed E-state index contributed by atoms with van der Waals surface area (Å²) in [6.07, 6.45) is 3.84. The van der Waals surface area contributed by atoms with Crippen LogP contribution in [0.1, 0.15) is 38.2 Å². The van der Waals surface area contributed by atoms with Gasteiger partial charge < -0.3 is 20.1 Å². The number of benzene rings is 1. The van der Waals surface area contributed by atoms with E-state index in [0.717, 1.165) is 64.2 Å². The summed E-state index contributed by atoms with van der Waals surface area (Å²) in [5, 5.41) is 13.2. The first kappa shape index (κ1) is 20.0. The Balaban J connectivity index is 1.37. The highest BCUT2D eigenvalue weighted by atomic mass is 16.5. The van der Waals surface area contributed by atoms with E-state index in [9.17, 15) is 9.90 Å². The normalized spacial score (nSPS) is 24.6. The van der Waals surface area contributed by atoms with E-state index in [4.69, 9.17) is 4.74 Å². The summed E-state index contributed by atoms with van der Waals surface area (Å²) in [7, 11) is 1.69. The molecule has 0 aliphatic carbocycles. The van der Waals surface area contributed by atoms with Gasteiger partial charge in [0.25, 0.3) is 0 Å². The first-order valence-electron chi connectivity index (χ1n) is 10.1. The highest BCUT2D eigenvalue weighted by Crippen LogP contribution is 2.22. The van der Waals surface area contributed by atoms with Crippen LogP contribution in [-0.2, 0) is 6.54 Å². The van der Waals surface area contributed by atoms with Crippen molar-refractivity contribution < 1.29 is 14.6 Å². The second-order valence-electron chi connectivity index (χ2n) is 8.28. The summed E-state index contributed by atoms with van der Waals surface area (Å²) in [6.45, 7) is 6.79. The monoisotopic (exact) mass is 375 g/mol. The van der Waals surface area contributed by atoms with E-state index in [1.807, 2.05) is 19.1 Å². The lowest BCUT2D eigenvalue weighted by molar-refractivity contribution is -0.00267. The molecule has 2 aliphatic rings. The SMILES string of the molecule is COc1ccc(CN2CCC(CNC(=O)N3CCCC(C)(O)C3)CC2)cc1. The van der Waals surface area contributed by atoms with Gasteiger partial charge in [-0.05, 0) is 69.3 Å². The molecule has 2 heterocycles. The number of amides is 2. The van der Waals surface area contributed by atoms with Gasteiger partial charge in [-0.1, -0.05) is 12.1 Å². The van der Waals surface area contributed by atoms with Crippen molar-refractivity contribution in [3.05, 3.63) is 29.8 Å². The summed E-state index contributed by atoms with van der Waals surface area (Å²) < 4.78 is 5.21. The minimum Gasteiger partial charge on any atom is -0.497 e. The molecule has 150 valence electrons. The Morgan fingerprint density at radius 2 is 1.96 bits per heavy atom. The first-order valence-corrected chi connectivity index (χ1v) is 10.1. The number of ether oxygens (including phenoxy) is 1. The van der Waals surface area contributed by atoms with Crippen LogP contribution in [-0.4, -0.2) is 66.4 Å². The number of urea groups is 1. The maximum atomic E-state index is 12.4. The van der Waals surface area contributed by atoms with Crippen molar-refractivity contribution in [1.29, 1.82) is 0 Å². The van der Waals surface area contributed by atoms with Crippen molar-refractivity contribution in [3.8, 4) is 5.75 Å². The third kappa shape index (κ3) is 5.84. The van der Waals surface area contributed by atoms with Crippen molar-refractivity contribution in [2.24, 2.45) is 5.92 Å². The number of hydrogen-bond acceptors (Lipinski definition) is 4. The van der Waals surface area contributed by atoms with Gasteiger partial charge in [0.05, 0.1) is 19.3 Å². The molecule has 0 bridgehead atoms. The van der Waals surface area contributed by atoms with Gasteiger partial charge in [0.1, 0.15) is 5.75 Å². The van der Waals surface area contributed by atoms with Crippen molar-refractivity contribution in [2.75, 3.05) is 39.8 Å². The molecule has 6 heteroatoms. The predicted molar refractivity (Wildman–Crippen MR) is 106 cm³/mol. The zero-order chi connectivity index (χ0) is 19.3. The number of methoxy groups -OCH3 is 1. The molecular weight excluding hydrogens is 342 g/mol. The van der Waals surface area contributed by atoms with E-state index < -0.39 is 5.60 Å². The van der Waals surface area contributed by atoms with Gasteiger partial charge in [0, 0.05) is 19.6 Å². The smallest absolute Gasteiger partial charge is 0.317 e. The highest BCUT2D eigenvalue weighted by molar-refractivity contribution is 5.74. The molecule has 0 saturated carbocycles. The van der Waals surface area contributed by atoms with E-state index in [-0.39, 0.29) is 6.03 Å². The molecule has 1 aromatic rings. The summed E-state index contributed by atoms with van der Waals surface area (Å²) in [5.74, 6) is 1.43. The van der Waals surface area contributed by atoms with Crippen molar-refractivity contribution in [2.45, 2.75) is 44.8 Å². The average molecular weight is 376 g/mol. The molecule has 0 radical (unpaired) electrons. The number of carbonyl (C=O) groups is 1. The van der Waals surface area contributed by atoms with Gasteiger partial charge in [0.2, 0.25) is 0 Å². The Morgan fingerprint density at radius 3 is 2.59 bits per heavy atom. The quantitative estimate of drug-likeness (QED) is 0.830. The van der Waals surface area contributed by atoms with Crippen LogP contribution in [0.5, 0.6) is 5.75 Å². The van der Waals surface area contributed by atoms with Crippen LogP contribution in [0, 0.1) is 5.92 Å². The number of hydrogen-bond donors (Lipinski definition) is 2. The van der Waals surface area contributed by atoms with Gasteiger partial charge in [-0.15, -0.1) is 0 Å². The van der Waals surface area contributed by atoms with E-state index in [1.165, 1.54) is 5.56 Å². The molecule has 6 nitrogen and oxygen atoms in total. The highest BCUT2D eigenvalue weighted by Gasteiger charge is 2.31. The number of nitrogens with one attached hydrogen (secondary N) is 1. The van der Waals surface area contributed by atoms with Crippen LogP contribution in [0.3, 0.4) is 0 Å². The van der Waals surface area contributed by atoms with Gasteiger partial charge in [-0.3, -0.25) is 4.90 Å². The second kappa shape index (κ2) is 8.93. The molecule has 0 aromatic heterocycles. The summed E-state index contributed by atoms with van der Waals surface area (Å²) in [4.78, 5) is 16.6. The molecule has 3 rings (SSSR count). The Bertz CT molecular complexity index is 610. The molecule has 1 atom stereocenters. The molecule has 1 aromatic carbocycles. The van der Waals surface area contributed by atoms with Crippen LogP contribution >= 0.6 is 0 Å². The second-order valence-corrected chi connectivity index (χ2v) is 8.28. The molecule has 1 unspecified atom stereocenters. The van der Waals surface area contributed by atoms with Gasteiger partial charge >= 0.3 is 6.03 Å². The molecule has 2 aliphatic heterocycles. The van der Waals surface area contributed by atoms with Crippen molar-refractivity contribution >= 4 is 6.03 Å². The van der Waals surface area contributed by atoms with Crippen LogP contribution in [0.15, 0.2) is 24.3 Å². The number of rotatable bonds is 5. The van der Waals surface area contributed by atoms with Gasteiger partial charge in [0.15, 0.2) is 0 Å². The molecule has 2 saturated heterocycles. The molecule has 2 fully saturated rings. The van der Waals surface area contributed by atoms with Crippen LogP contribution in [0.25, 0.3) is 0 Å². The third-order valence-corrected chi connectivity index (χ3v) is 5.78. The third-order valence-electron chi connectivity index (χ3n) is 5.78. The average Bonchev–Trinajstić information content (AvgIpc) is 2.67. The topological polar surface area (TPSA) is 65.0 Å². The van der Waals surface area contributed by atoms with Crippen LogP contribution in [0.4, 0.5) is 4.79 Å². The van der Waals surface area contributed by atoms with Gasteiger partial charge in [-0.25, -0.2) is 4.79 Å². The molecule has 0 spiro atoms. The van der Waals surface area contributed by atoms with E-state index in [2.05, 4.69) is 22.3 Å². The van der Waals surface area contributed by atoms with Crippen LogP contribution < -0.4 is 10.1 Å². The fraction of sp³-hybridized carbons (Fsp3) is 0.667. The number of aliphatic hydroxyl groups is 1. The zero-order valence-electron chi connectivity index (χ0n) is 16.6. The Hall–Kier alpha value is -1.79. The predicted octanol–water partition coefficient (Wildman–Crippen LogP) is 2.46. The number of carbonyl (C=O) groups excluding carboxylic acids is 1. The summed E-state index contributed by atoms with van der Waals surface area (Å²) in [5.41, 5.74) is 0.558. The van der Waals surface area contributed by atoms with Crippen LogP contribution in [0.2, 0.25) is 0 Å². The standard InChI is InChI=1S/C21H33N3O3/c1-21(26)10-3-11-24(16-21)20(25)22-14-17-8-12-23(13-9-17)15-18-4-6-19(27-2)7-5-18/h4-7,17,26H,3,8-16H2,1-2H3,(H,22,25). The zero-order valence-corrected chi connectivity index (χ0v) is 16.6. The minimum atomic E-state index is -0.748. The fourth-order valence-corrected chi connectivity index (χ4v) is 4.07. The number of β-amino-alcohol motifs (C(OH)–C–C–N with tert-alkyl or cyclic N) is 1. The summed E-state index contributed by atoms with van der Waals surface area (Å²) >= 11 is 0. The van der Waals surface area contributed by atoms with Crippen molar-refractivity contribution in [3.63, 3.8) is 0 Å². The maximum Gasteiger partial charge on any atom is 0.317 e. The molecular formula is C21H33N3O3. The Labute approximate surface area is 162 Å². The largest absolute Gasteiger partial charge is 0.497 e. The number of nitrogens with zero attached hydrogens (tertiary/aromatic N) is 2. The maximum absolute atomic E-state index is 12.4. The van der Waals surface area contributed by atoms with E-state index in [1.54, 1.807) is 12.0 Å². The molecule has 27 heavy (non-hydrogen) atoms. The van der Waals surface area contributed by atoms with Crippen molar-refractivity contribution in [1.82, 2.24) is 15.1 Å². The Kier molecular flexibility index (Phi) is 6.60. The fourth-order valence-electron chi connectivity index (χ4n) is 4.07. The summed E-state index contributed by atoms with van der Waals surface area (Å²) in [6, 6.07) is 8.23. The first-order chi connectivity index (χ1) is 12.9. The lowest BCUT2D eigenvalue weighted by Gasteiger charge is -2.37. The lowest BCUT2D eigenvalue weighted by atomic mass is 9.95. The van der Waals surface area contributed by atoms with Gasteiger partial charge in [-0.2, -0.15) is 0 Å². The number of piperidine rings is 2. The minimum absolute atomic E-state index is 0.0318. The molecule has 2 N–H and O–H groups in total. The van der Waals surface area contributed by atoms with E-state index in [0.29, 0.717) is 12.5 Å². The molecule has 2 amide bonds. The lowest BCUT2D eigenvalue weighted by Crippen LogP contribution is -2.52. The Morgan fingerprint density at radius 1 is 1.26 bits per heavy atom.